The van der Waals surface area contributed by atoms with Gasteiger partial charge in [0.1, 0.15) is 0 Å². The molecule has 2 aliphatic rings. The molecule has 1 N–H and O–H groups in total. The van der Waals surface area contributed by atoms with Gasteiger partial charge in [0.2, 0.25) is 5.91 Å². The van der Waals surface area contributed by atoms with E-state index >= 15 is 0 Å². The van der Waals surface area contributed by atoms with Crippen LogP contribution in [0.3, 0.4) is 0 Å². The Hall–Kier alpha value is -1.56. The lowest BCUT2D eigenvalue weighted by Crippen LogP contribution is -2.37. The van der Waals surface area contributed by atoms with Crippen molar-refractivity contribution in [3.05, 3.63) is 34.9 Å². The normalized spacial score (nSPS) is 21.5. The van der Waals surface area contributed by atoms with Crippen LogP contribution in [0.4, 0.5) is 13.2 Å². The van der Waals surface area contributed by atoms with Crippen molar-refractivity contribution in [3.8, 4) is 0 Å². The molecule has 0 bridgehead atoms. The predicted molar refractivity (Wildman–Crippen MR) is 85.4 cm³/mol. The largest absolute Gasteiger partial charge is 0.416 e. The molecule has 0 aliphatic carbocycles. The summed E-state index contributed by atoms with van der Waals surface area (Å²) in [4.78, 5) is 14.0. The molecule has 3 rings (SSSR count). The number of hydrogen-bond acceptors (Lipinski definition) is 2. The van der Waals surface area contributed by atoms with Crippen molar-refractivity contribution in [1.82, 2.24) is 10.2 Å². The highest BCUT2D eigenvalue weighted by atomic mass is 19.4. The Bertz CT molecular complexity index is 594. The number of halogens is 3. The van der Waals surface area contributed by atoms with Crippen molar-refractivity contribution in [3.63, 3.8) is 0 Å². The van der Waals surface area contributed by atoms with E-state index < -0.39 is 11.7 Å². The van der Waals surface area contributed by atoms with Crippen LogP contribution in [0.5, 0.6) is 0 Å². The molecular weight excluding hydrogens is 317 g/mol. The van der Waals surface area contributed by atoms with Gasteiger partial charge in [-0.2, -0.15) is 13.2 Å². The van der Waals surface area contributed by atoms with Crippen LogP contribution >= 0.6 is 0 Å². The molecule has 132 valence electrons. The van der Waals surface area contributed by atoms with Crippen molar-refractivity contribution in [2.75, 3.05) is 19.6 Å². The highest BCUT2D eigenvalue weighted by Gasteiger charge is 2.36. The summed E-state index contributed by atoms with van der Waals surface area (Å²) in [6.07, 6.45) is -0.376. The summed E-state index contributed by atoms with van der Waals surface area (Å²) in [7, 11) is 0. The highest BCUT2D eigenvalue weighted by Crippen LogP contribution is 2.35. The molecule has 2 aliphatic heterocycles. The van der Waals surface area contributed by atoms with Crippen molar-refractivity contribution in [1.29, 1.82) is 0 Å². The molecule has 1 saturated heterocycles. The minimum atomic E-state index is -4.37. The predicted octanol–water partition coefficient (Wildman–Crippen LogP) is 3.37. The monoisotopic (exact) mass is 340 g/mol. The van der Waals surface area contributed by atoms with E-state index in [1.165, 1.54) is 6.07 Å². The van der Waals surface area contributed by atoms with Crippen LogP contribution in [-0.4, -0.2) is 30.4 Å². The quantitative estimate of drug-likeness (QED) is 0.915. The second kappa shape index (κ2) is 7.13. The molecule has 1 atom stereocenters. The number of nitrogens with one attached hydrogen (secondary N) is 1. The van der Waals surface area contributed by atoms with Crippen molar-refractivity contribution in [2.45, 2.75) is 44.8 Å². The number of nitrogens with zero attached hydrogens (tertiary/aromatic N) is 1. The number of rotatable bonds is 3. The zero-order valence-corrected chi connectivity index (χ0v) is 13.7. The van der Waals surface area contributed by atoms with Crippen LogP contribution in [0.25, 0.3) is 0 Å². The second-order valence-electron chi connectivity index (χ2n) is 6.76. The summed E-state index contributed by atoms with van der Waals surface area (Å²) in [5.74, 6) is 0.480. The van der Waals surface area contributed by atoms with Gasteiger partial charge in [-0.15, -0.1) is 0 Å². The lowest BCUT2D eigenvalue weighted by Gasteiger charge is -2.31. The number of carbonyl (C=O) groups is 1. The molecule has 2 heterocycles. The molecule has 0 aromatic heterocycles. The second-order valence-corrected chi connectivity index (χ2v) is 6.76. The summed E-state index contributed by atoms with van der Waals surface area (Å²) in [5.41, 5.74) is 0.378. The molecule has 1 fully saturated rings. The standard InChI is InChI=1S/C18H23F3N2O/c19-18(20,21)16-5-1-4-14-8-10-23(12-15(14)16)17(24)7-6-13-3-2-9-22-11-13/h1,4-5,13,22H,2-3,6-12H2. The molecule has 3 nitrogen and oxygen atoms in total. The lowest BCUT2D eigenvalue weighted by atomic mass is 9.92. The summed E-state index contributed by atoms with van der Waals surface area (Å²) < 4.78 is 39.6. The minimum Gasteiger partial charge on any atom is -0.338 e. The zero-order chi connectivity index (χ0) is 17.2. The number of fused-ring (bicyclic) bond motifs is 1. The maximum Gasteiger partial charge on any atom is 0.416 e. The van der Waals surface area contributed by atoms with Gasteiger partial charge in [0, 0.05) is 19.5 Å². The van der Waals surface area contributed by atoms with E-state index in [0.717, 1.165) is 38.4 Å². The van der Waals surface area contributed by atoms with Crippen LogP contribution in [0.1, 0.15) is 42.4 Å². The van der Waals surface area contributed by atoms with Gasteiger partial charge in [-0.25, -0.2) is 0 Å². The van der Waals surface area contributed by atoms with Crippen LogP contribution in [0.15, 0.2) is 18.2 Å². The smallest absolute Gasteiger partial charge is 0.338 e. The highest BCUT2D eigenvalue weighted by molar-refractivity contribution is 5.76. The van der Waals surface area contributed by atoms with Gasteiger partial charge in [-0.3, -0.25) is 4.79 Å². The van der Waals surface area contributed by atoms with E-state index in [1.807, 2.05) is 0 Å². The Balaban J connectivity index is 1.64. The summed E-state index contributed by atoms with van der Waals surface area (Å²) >= 11 is 0. The number of piperidine rings is 1. The Morgan fingerprint density at radius 3 is 2.88 bits per heavy atom. The number of amides is 1. The first kappa shape index (κ1) is 17.3. The molecule has 1 amide bonds. The Morgan fingerprint density at radius 1 is 1.33 bits per heavy atom. The number of alkyl halides is 3. The van der Waals surface area contributed by atoms with E-state index in [1.54, 1.807) is 11.0 Å². The molecule has 6 heteroatoms. The maximum atomic E-state index is 13.2. The van der Waals surface area contributed by atoms with E-state index in [4.69, 9.17) is 0 Å². The third kappa shape index (κ3) is 3.91. The van der Waals surface area contributed by atoms with E-state index in [2.05, 4.69) is 5.32 Å². The van der Waals surface area contributed by atoms with Gasteiger partial charge in [0.05, 0.1) is 5.56 Å². The molecule has 1 aromatic rings. The fourth-order valence-electron chi connectivity index (χ4n) is 3.72. The summed E-state index contributed by atoms with van der Waals surface area (Å²) in [6, 6.07) is 4.30. The van der Waals surface area contributed by atoms with Crippen LogP contribution in [0, 0.1) is 5.92 Å². The Kier molecular flexibility index (Phi) is 5.13. The fraction of sp³-hybridized carbons (Fsp3) is 0.611. The van der Waals surface area contributed by atoms with Crippen molar-refractivity contribution in [2.24, 2.45) is 5.92 Å². The molecule has 1 aromatic carbocycles. The SMILES string of the molecule is O=C(CCC1CCCNC1)N1CCc2cccc(C(F)(F)F)c2C1. The van der Waals surface area contributed by atoms with Gasteiger partial charge in [0.25, 0.3) is 0 Å². The molecule has 0 spiro atoms. The average molecular weight is 340 g/mol. The van der Waals surface area contributed by atoms with Gasteiger partial charge >= 0.3 is 6.18 Å². The third-order valence-electron chi connectivity index (χ3n) is 5.10. The molecule has 0 saturated carbocycles. The molecular formula is C18H23F3N2O. The minimum absolute atomic E-state index is 0.0248. The maximum absolute atomic E-state index is 13.2. The number of carbonyl (C=O) groups excluding carboxylic acids is 1. The van der Waals surface area contributed by atoms with Gasteiger partial charge in [-0.05, 0) is 61.9 Å². The first-order valence-electron chi connectivity index (χ1n) is 8.61. The van der Waals surface area contributed by atoms with Gasteiger partial charge in [0.15, 0.2) is 0 Å². The average Bonchev–Trinajstić information content (AvgIpc) is 2.58. The van der Waals surface area contributed by atoms with Gasteiger partial charge < -0.3 is 10.2 Å². The fourth-order valence-corrected chi connectivity index (χ4v) is 3.72. The first-order valence-corrected chi connectivity index (χ1v) is 8.61. The van der Waals surface area contributed by atoms with E-state index in [0.29, 0.717) is 30.9 Å². The summed E-state index contributed by atoms with van der Waals surface area (Å²) in [5, 5.41) is 3.33. The van der Waals surface area contributed by atoms with E-state index in [9.17, 15) is 18.0 Å². The molecule has 24 heavy (non-hydrogen) atoms. The first-order chi connectivity index (χ1) is 11.4. The lowest BCUT2D eigenvalue weighted by molar-refractivity contribution is -0.140. The topological polar surface area (TPSA) is 32.3 Å². The number of hydrogen-bond donors (Lipinski definition) is 1. The molecule has 0 radical (unpaired) electrons. The van der Waals surface area contributed by atoms with Crippen molar-refractivity contribution >= 4 is 5.91 Å². The van der Waals surface area contributed by atoms with Crippen LogP contribution < -0.4 is 5.32 Å². The van der Waals surface area contributed by atoms with Crippen LogP contribution in [-0.2, 0) is 23.9 Å². The summed E-state index contributed by atoms with van der Waals surface area (Å²) in [6.45, 7) is 2.56. The van der Waals surface area contributed by atoms with E-state index in [-0.39, 0.29) is 18.0 Å². The van der Waals surface area contributed by atoms with Crippen molar-refractivity contribution < 1.29 is 18.0 Å². The van der Waals surface area contributed by atoms with Gasteiger partial charge in [-0.1, -0.05) is 12.1 Å². The zero-order valence-electron chi connectivity index (χ0n) is 13.7. The molecule has 1 unspecified atom stereocenters. The Morgan fingerprint density at radius 2 is 2.17 bits per heavy atom. The Labute approximate surface area is 140 Å². The third-order valence-corrected chi connectivity index (χ3v) is 5.10. The van der Waals surface area contributed by atoms with Crippen LogP contribution in [0.2, 0.25) is 0 Å². The number of benzene rings is 1.